The highest BCUT2D eigenvalue weighted by molar-refractivity contribution is 6.05. The topological polar surface area (TPSA) is 66.8 Å². The zero-order valence-electron chi connectivity index (χ0n) is 11.4. The van der Waals surface area contributed by atoms with Crippen LogP contribution in [-0.4, -0.2) is 31.1 Å². The highest BCUT2D eigenvalue weighted by Gasteiger charge is 2.16. The maximum absolute atomic E-state index is 11.9. The third kappa shape index (κ3) is 3.58. The van der Waals surface area contributed by atoms with Crippen molar-refractivity contribution in [3.63, 3.8) is 0 Å². The van der Waals surface area contributed by atoms with E-state index >= 15 is 0 Å². The number of amides is 1. The number of likely N-dealkylation sites (N-methyl/N-ethyl adjacent to an activating group) is 1. The quantitative estimate of drug-likeness (QED) is 0.843. The van der Waals surface area contributed by atoms with Gasteiger partial charge in [-0.15, -0.1) is 0 Å². The van der Waals surface area contributed by atoms with Gasteiger partial charge in [-0.1, -0.05) is 6.07 Å². The Morgan fingerprint density at radius 2 is 1.89 bits per heavy atom. The summed E-state index contributed by atoms with van der Waals surface area (Å²) in [5.74, 6) is -1.00. The molecular formula is C14H17NO4. The van der Waals surface area contributed by atoms with E-state index in [0.717, 1.165) is 23.3 Å². The molecule has 0 aromatic heterocycles. The van der Waals surface area contributed by atoms with Gasteiger partial charge >= 0.3 is 5.97 Å². The van der Waals surface area contributed by atoms with Crippen LogP contribution in [0.4, 0.5) is 5.69 Å². The van der Waals surface area contributed by atoms with Crippen LogP contribution in [0.5, 0.6) is 5.75 Å². The Hall–Kier alpha value is -2.30. The highest BCUT2D eigenvalue weighted by atomic mass is 16.5. The standard InChI is InChI=1S/C14H17NO4/c1-9-7-10(2)14(11(8-9)19-4)15(3)12(16)5-6-13(17)18/h5-8H,1-4H3,(H,17,18)/b6-5+. The van der Waals surface area contributed by atoms with Gasteiger partial charge in [0, 0.05) is 19.2 Å². The van der Waals surface area contributed by atoms with Crippen LogP contribution in [0.2, 0.25) is 0 Å². The average Bonchev–Trinajstić information content (AvgIpc) is 2.34. The maximum atomic E-state index is 11.9. The van der Waals surface area contributed by atoms with Gasteiger partial charge in [0.1, 0.15) is 5.75 Å². The van der Waals surface area contributed by atoms with Crippen LogP contribution in [0.25, 0.3) is 0 Å². The van der Waals surface area contributed by atoms with Crippen molar-refractivity contribution in [1.29, 1.82) is 0 Å². The average molecular weight is 263 g/mol. The number of carbonyl (C=O) groups excluding carboxylic acids is 1. The number of benzene rings is 1. The lowest BCUT2D eigenvalue weighted by Crippen LogP contribution is -2.25. The number of hydrogen-bond acceptors (Lipinski definition) is 3. The summed E-state index contributed by atoms with van der Waals surface area (Å²) < 4.78 is 5.27. The van der Waals surface area contributed by atoms with E-state index in [1.807, 2.05) is 26.0 Å². The van der Waals surface area contributed by atoms with Gasteiger partial charge in [0.15, 0.2) is 0 Å². The molecule has 0 fully saturated rings. The summed E-state index contributed by atoms with van der Waals surface area (Å²) in [6.45, 7) is 3.81. The van der Waals surface area contributed by atoms with Gasteiger partial charge in [0.2, 0.25) is 0 Å². The smallest absolute Gasteiger partial charge is 0.328 e. The number of methoxy groups -OCH3 is 1. The lowest BCUT2D eigenvalue weighted by atomic mass is 10.1. The Labute approximate surface area is 112 Å². The number of rotatable bonds is 4. The molecule has 1 aromatic rings. The van der Waals surface area contributed by atoms with E-state index in [0.29, 0.717) is 11.4 Å². The lowest BCUT2D eigenvalue weighted by molar-refractivity contribution is -0.131. The second-order valence-corrected chi connectivity index (χ2v) is 4.20. The van der Waals surface area contributed by atoms with Crippen LogP contribution in [0.15, 0.2) is 24.3 Å². The molecular weight excluding hydrogens is 246 g/mol. The molecule has 1 N–H and O–H groups in total. The molecule has 0 aliphatic heterocycles. The molecule has 0 heterocycles. The van der Waals surface area contributed by atoms with E-state index in [-0.39, 0.29) is 0 Å². The minimum atomic E-state index is -1.16. The van der Waals surface area contributed by atoms with Crippen molar-refractivity contribution in [1.82, 2.24) is 0 Å². The van der Waals surface area contributed by atoms with Crippen LogP contribution in [0, 0.1) is 13.8 Å². The number of anilines is 1. The van der Waals surface area contributed by atoms with Crippen molar-refractivity contribution in [2.45, 2.75) is 13.8 Å². The van der Waals surface area contributed by atoms with E-state index < -0.39 is 11.9 Å². The van der Waals surface area contributed by atoms with Gasteiger partial charge in [-0.05, 0) is 31.0 Å². The number of aryl methyl sites for hydroxylation is 2. The number of carboxylic acids is 1. The van der Waals surface area contributed by atoms with Crippen molar-refractivity contribution < 1.29 is 19.4 Å². The van der Waals surface area contributed by atoms with Crippen LogP contribution in [0.1, 0.15) is 11.1 Å². The molecule has 0 atom stereocenters. The molecule has 0 unspecified atom stereocenters. The monoisotopic (exact) mass is 263 g/mol. The van der Waals surface area contributed by atoms with Gasteiger partial charge in [-0.2, -0.15) is 0 Å². The zero-order valence-corrected chi connectivity index (χ0v) is 11.4. The fraction of sp³-hybridized carbons (Fsp3) is 0.286. The Morgan fingerprint density at radius 1 is 1.26 bits per heavy atom. The molecule has 5 heteroatoms. The van der Waals surface area contributed by atoms with Crippen LogP contribution in [-0.2, 0) is 9.59 Å². The molecule has 0 spiro atoms. The lowest BCUT2D eigenvalue weighted by Gasteiger charge is -2.21. The molecule has 0 aliphatic rings. The molecule has 102 valence electrons. The molecule has 0 bridgehead atoms. The minimum Gasteiger partial charge on any atom is -0.495 e. The molecule has 0 saturated heterocycles. The van der Waals surface area contributed by atoms with Gasteiger partial charge in [0.25, 0.3) is 5.91 Å². The second-order valence-electron chi connectivity index (χ2n) is 4.20. The molecule has 19 heavy (non-hydrogen) atoms. The largest absolute Gasteiger partial charge is 0.495 e. The summed E-state index contributed by atoms with van der Waals surface area (Å²) in [7, 11) is 3.11. The molecule has 5 nitrogen and oxygen atoms in total. The summed E-state index contributed by atoms with van der Waals surface area (Å²) in [6.07, 6.45) is 1.83. The Morgan fingerprint density at radius 3 is 2.42 bits per heavy atom. The van der Waals surface area contributed by atoms with Crippen molar-refractivity contribution >= 4 is 17.6 Å². The van der Waals surface area contributed by atoms with E-state index in [1.165, 1.54) is 12.0 Å². The number of carboxylic acid groups (broad SMARTS) is 1. The molecule has 1 rings (SSSR count). The number of nitrogens with zero attached hydrogens (tertiary/aromatic N) is 1. The SMILES string of the molecule is COc1cc(C)cc(C)c1N(C)C(=O)/C=C/C(=O)O. The second kappa shape index (κ2) is 6.04. The Kier molecular flexibility index (Phi) is 4.69. The minimum absolute atomic E-state index is 0.423. The van der Waals surface area contributed by atoms with Crippen molar-refractivity contribution in [3.8, 4) is 5.75 Å². The summed E-state index contributed by atoms with van der Waals surface area (Å²) >= 11 is 0. The summed E-state index contributed by atoms with van der Waals surface area (Å²) in [5, 5.41) is 8.52. The van der Waals surface area contributed by atoms with Crippen molar-refractivity contribution in [3.05, 3.63) is 35.4 Å². The first-order valence-electron chi connectivity index (χ1n) is 5.70. The van der Waals surface area contributed by atoms with Crippen LogP contribution < -0.4 is 9.64 Å². The summed E-state index contributed by atoms with van der Waals surface area (Å²) in [6, 6.07) is 3.76. The third-order valence-corrected chi connectivity index (χ3v) is 2.66. The normalized spacial score (nSPS) is 10.5. The zero-order chi connectivity index (χ0) is 14.6. The van der Waals surface area contributed by atoms with Crippen LogP contribution in [0.3, 0.4) is 0 Å². The van der Waals surface area contributed by atoms with Gasteiger partial charge in [-0.3, -0.25) is 4.79 Å². The van der Waals surface area contributed by atoms with Crippen molar-refractivity contribution in [2.24, 2.45) is 0 Å². The fourth-order valence-electron chi connectivity index (χ4n) is 1.87. The molecule has 0 saturated carbocycles. The Balaban J connectivity index is 3.15. The molecule has 1 aromatic carbocycles. The number of carbonyl (C=O) groups is 2. The van der Waals surface area contributed by atoms with Gasteiger partial charge < -0.3 is 14.7 Å². The predicted octanol–water partition coefficient (Wildman–Crippen LogP) is 1.92. The maximum Gasteiger partial charge on any atom is 0.328 e. The van der Waals surface area contributed by atoms with E-state index in [9.17, 15) is 9.59 Å². The predicted molar refractivity (Wildman–Crippen MR) is 72.7 cm³/mol. The first-order chi connectivity index (χ1) is 8.86. The molecule has 1 amide bonds. The summed E-state index contributed by atoms with van der Waals surface area (Å²) in [4.78, 5) is 23.7. The van der Waals surface area contributed by atoms with Gasteiger partial charge in [0.05, 0.1) is 12.8 Å². The molecule has 0 radical (unpaired) electrons. The van der Waals surface area contributed by atoms with E-state index in [4.69, 9.17) is 9.84 Å². The Bertz CT molecular complexity index is 534. The van der Waals surface area contributed by atoms with Crippen LogP contribution >= 0.6 is 0 Å². The molecule has 0 aliphatic carbocycles. The number of ether oxygens (including phenoxy) is 1. The van der Waals surface area contributed by atoms with Gasteiger partial charge in [-0.25, -0.2) is 4.79 Å². The highest BCUT2D eigenvalue weighted by Crippen LogP contribution is 2.32. The third-order valence-electron chi connectivity index (χ3n) is 2.66. The number of hydrogen-bond donors (Lipinski definition) is 1. The van der Waals surface area contributed by atoms with Crippen molar-refractivity contribution in [2.75, 3.05) is 19.1 Å². The first-order valence-corrected chi connectivity index (χ1v) is 5.70. The van der Waals surface area contributed by atoms with E-state index in [2.05, 4.69) is 0 Å². The number of aliphatic carboxylic acids is 1. The summed E-state index contributed by atoms with van der Waals surface area (Å²) in [5.41, 5.74) is 2.55. The van der Waals surface area contributed by atoms with E-state index in [1.54, 1.807) is 7.05 Å². The first kappa shape index (κ1) is 14.8. The fourth-order valence-corrected chi connectivity index (χ4v) is 1.87.